The number of likely N-dealkylation sites (tertiary alicyclic amines) is 1. The van der Waals surface area contributed by atoms with Gasteiger partial charge in [-0.3, -0.25) is 0 Å². The monoisotopic (exact) mass is 476 g/mol. The lowest BCUT2D eigenvalue weighted by Gasteiger charge is -2.29. The van der Waals surface area contributed by atoms with Crippen molar-refractivity contribution in [1.29, 1.82) is 0 Å². The molecule has 5 rings (SSSR count). The average molecular weight is 477 g/mol. The van der Waals surface area contributed by atoms with Gasteiger partial charge < -0.3 is 10.4 Å². The third-order valence-corrected chi connectivity index (χ3v) is 7.47. The van der Waals surface area contributed by atoms with Gasteiger partial charge in [-0.15, -0.1) is 0 Å². The Labute approximate surface area is 199 Å². The lowest BCUT2D eigenvalue weighted by Crippen LogP contribution is -2.58. The number of benzene rings is 3. The average Bonchev–Trinajstić information content (AvgIpc) is 3.42. The lowest BCUT2D eigenvalue weighted by molar-refractivity contribution is -0.785. The van der Waals surface area contributed by atoms with Crippen molar-refractivity contribution in [1.82, 2.24) is 4.98 Å². The molecule has 4 aromatic rings. The van der Waals surface area contributed by atoms with Crippen LogP contribution in [0.25, 0.3) is 21.3 Å². The molecule has 2 heterocycles. The zero-order valence-electron chi connectivity index (χ0n) is 18.5. The maximum atomic E-state index is 13.4. The smallest absolute Gasteiger partial charge is 0.435 e. The van der Waals surface area contributed by atoms with Crippen LogP contribution in [-0.4, -0.2) is 39.2 Å². The number of nitrogens with one attached hydrogen (secondary N) is 1. The Morgan fingerprint density at radius 2 is 1.74 bits per heavy atom. The van der Waals surface area contributed by atoms with Crippen LogP contribution in [0.15, 0.2) is 66.7 Å². The minimum absolute atomic E-state index is 0.237. The fourth-order valence-corrected chi connectivity index (χ4v) is 5.52. The van der Waals surface area contributed by atoms with E-state index in [4.69, 9.17) is 0 Å². The first-order chi connectivity index (χ1) is 16.4. The summed E-state index contributed by atoms with van der Waals surface area (Å²) in [5, 5.41) is 13.7. The fraction of sp³-hybridized carbons (Fsp3) is 0.192. The summed E-state index contributed by atoms with van der Waals surface area (Å²) < 4.78 is 13.7. The number of amides is 2. The first-order valence-corrected chi connectivity index (χ1v) is 11.9. The van der Waals surface area contributed by atoms with Gasteiger partial charge in [0, 0.05) is 18.5 Å². The van der Waals surface area contributed by atoms with E-state index in [9.17, 15) is 19.1 Å². The van der Waals surface area contributed by atoms with Gasteiger partial charge in [0.25, 0.3) is 0 Å². The molecule has 0 radical (unpaired) electrons. The predicted octanol–water partition coefficient (Wildman–Crippen LogP) is 6.66. The maximum absolute atomic E-state index is 13.4. The number of halogens is 1. The number of anilines is 2. The molecule has 0 bridgehead atoms. The van der Waals surface area contributed by atoms with Crippen LogP contribution in [0.1, 0.15) is 30.1 Å². The highest BCUT2D eigenvalue weighted by Crippen LogP contribution is 2.32. The van der Waals surface area contributed by atoms with Gasteiger partial charge in [-0.25, -0.2) is 14.2 Å². The van der Waals surface area contributed by atoms with E-state index in [0.29, 0.717) is 17.2 Å². The molecule has 1 aromatic heterocycles. The van der Waals surface area contributed by atoms with Gasteiger partial charge in [-0.1, -0.05) is 35.6 Å². The molecule has 34 heavy (non-hydrogen) atoms. The second-order valence-corrected chi connectivity index (χ2v) is 9.61. The summed E-state index contributed by atoms with van der Waals surface area (Å²) in [5.74, 6) is -0.645. The van der Waals surface area contributed by atoms with Crippen LogP contribution in [0.3, 0.4) is 0 Å². The van der Waals surface area contributed by atoms with Crippen molar-refractivity contribution < 1.29 is 23.6 Å². The van der Waals surface area contributed by atoms with E-state index in [1.165, 1.54) is 23.5 Å². The van der Waals surface area contributed by atoms with Crippen LogP contribution in [0, 0.1) is 5.82 Å². The highest BCUT2D eigenvalue weighted by Gasteiger charge is 2.53. The standard InChI is InChI=1S/C26H22FN3O3S/c1-16-3-2-14-30(16,26(32)33)24(31)19-6-4-17(5-7-19)18-8-11-21(12-9-18)28-25-29-22-13-10-20(27)15-23(22)34-25/h4-13,15-16H,2-3,14H2,1H3,(H-,28,29,31,32,33)/p+1/t16-,30?/m1/s1. The molecule has 0 spiro atoms. The number of quaternary nitrogens is 1. The molecule has 3 aromatic carbocycles. The second-order valence-electron chi connectivity index (χ2n) is 8.58. The third-order valence-electron chi connectivity index (χ3n) is 6.54. The summed E-state index contributed by atoms with van der Waals surface area (Å²) in [6.07, 6.45) is 0.371. The first kappa shape index (κ1) is 22.2. The molecule has 8 heteroatoms. The minimum atomic E-state index is -1.08. The Morgan fingerprint density at radius 1 is 1.06 bits per heavy atom. The van der Waals surface area contributed by atoms with Crippen LogP contribution in [0.4, 0.5) is 20.0 Å². The number of nitrogens with zero attached hydrogens (tertiary/aromatic N) is 2. The van der Waals surface area contributed by atoms with E-state index in [1.54, 1.807) is 18.2 Å². The van der Waals surface area contributed by atoms with Gasteiger partial charge >= 0.3 is 12.0 Å². The second kappa shape index (κ2) is 8.62. The van der Waals surface area contributed by atoms with Crippen molar-refractivity contribution in [2.45, 2.75) is 25.8 Å². The van der Waals surface area contributed by atoms with Crippen LogP contribution in [-0.2, 0) is 0 Å². The number of carbonyl (C=O) groups is 2. The van der Waals surface area contributed by atoms with E-state index < -0.39 is 10.6 Å². The van der Waals surface area contributed by atoms with Crippen molar-refractivity contribution in [3.63, 3.8) is 0 Å². The third kappa shape index (κ3) is 3.85. The Kier molecular flexibility index (Phi) is 5.63. The normalized spacial score (nSPS) is 19.9. The van der Waals surface area contributed by atoms with Crippen LogP contribution in [0.5, 0.6) is 0 Å². The van der Waals surface area contributed by atoms with E-state index >= 15 is 0 Å². The highest BCUT2D eigenvalue weighted by molar-refractivity contribution is 7.22. The van der Waals surface area contributed by atoms with Crippen LogP contribution >= 0.6 is 11.3 Å². The molecular weight excluding hydrogens is 453 g/mol. The van der Waals surface area contributed by atoms with E-state index in [2.05, 4.69) is 10.3 Å². The summed E-state index contributed by atoms with van der Waals surface area (Å²) in [4.78, 5) is 29.6. The summed E-state index contributed by atoms with van der Waals surface area (Å²) in [6, 6.07) is 19.2. The minimum Gasteiger partial charge on any atom is -0.435 e. The highest BCUT2D eigenvalue weighted by atomic mass is 32.1. The molecule has 0 aliphatic carbocycles. The molecule has 1 aliphatic rings. The molecule has 1 fully saturated rings. The van der Waals surface area contributed by atoms with Crippen molar-refractivity contribution in [3.8, 4) is 11.1 Å². The van der Waals surface area contributed by atoms with Gasteiger partial charge in [0.1, 0.15) is 11.9 Å². The number of carbonyl (C=O) groups excluding carboxylic acids is 1. The predicted molar refractivity (Wildman–Crippen MR) is 131 cm³/mol. The number of carboxylic acid groups (broad SMARTS) is 1. The van der Waals surface area contributed by atoms with Gasteiger partial charge in [-0.05, 0) is 60.5 Å². The number of rotatable bonds is 4. The number of thiazole rings is 1. The molecule has 1 saturated heterocycles. The van der Waals surface area contributed by atoms with Gasteiger partial charge in [0.15, 0.2) is 5.13 Å². The van der Waals surface area contributed by atoms with Crippen molar-refractivity contribution in [2.24, 2.45) is 0 Å². The van der Waals surface area contributed by atoms with Gasteiger partial charge in [0.2, 0.25) is 0 Å². The molecule has 2 atom stereocenters. The van der Waals surface area contributed by atoms with Crippen molar-refractivity contribution in [3.05, 3.63) is 78.1 Å². The van der Waals surface area contributed by atoms with Gasteiger partial charge in [-0.2, -0.15) is 9.28 Å². The van der Waals surface area contributed by atoms with E-state index in [-0.39, 0.29) is 17.8 Å². The van der Waals surface area contributed by atoms with Crippen molar-refractivity contribution in [2.75, 3.05) is 11.9 Å². The zero-order chi connectivity index (χ0) is 23.9. The topological polar surface area (TPSA) is 79.3 Å². The molecule has 1 aliphatic heterocycles. The molecule has 2 amide bonds. The largest absolute Gasteiger partial charge is 0.521 e. The lowest BCUT2D eigenvalue weighted by atomic mass is 10.0. The van der Waals surface area contributed by atoms with E-state index in [0.717, 1.165) is 39.9 Å². The molecule has 172 valence electrons. The van der Waals surface area contributed by atoms with Crippen LogP contribution in [0.2, 0.25) is 0 Å². The molecular formula is C26H23FN3O3S+. The van der Waals surface area contributed by atoms with Crippen molar-refractivity contribution >= 4 is 44.4 Å². The number of imide groups is 1. The summed E-state index contributed by atoms with van der Waals surface area (Å²) >= 11 is 1.39. The number of hydrogen-bond acceptors (Lipinski definition) is 5. The Morgan fingerprint density at radius 3 is 2.35 bits per heavy atom. The first-order valence-electron chi connectivity index (χ1n) is 11.1. The Balaban J connectivity index is 1.32. The number of fused-ring (bicyclic) bond motifs is 1. The summed E-state index contributed by atoms with van der Waals surface area (Å²) in [5.41, 5.74) is 3.90. The van der Waals surface area contributed by atoms with E-state index in [1.807, 2.05) is 43.3 Å². The molecule has 0 saturated carbocycles. The maximum Gasteiger partial charge on any atom is 0.521 e. The summed E-state index contributed by atoms with van der Waals surface area (Å²) in [7, 11) is 0. The Bertz CT molecular complexity index is 1380. The fourth-order valence-electron chi connectivity index (χ4n) is 4.61. The molecule has 1 unspecified atom stereocenters. The number of aromatic nitrogens is 1. The number of hydrogen-bond donors (Lipinski definition) is 2. The van der Waals surface area contributed by atoms with Gasteiger partial charge in [0.05, 0.1) is 22.3 Å². The Hall–Kier alpha value is -3.62. The SMILES string of the molecule is C[C@@H]1CCC[N+]1(C(=O)O)C(=O)c1ccc(-c2ccc(Nc3nc4ccc(F)cc4s3)cc2)cc1. The quantitative estimate of drug-likeness (QED) is 0.322. The summed E-state index contributed by atoms with van der Waals surface area (Å²) in [6.45, 7) is 2.16. The molecule has 6 nitrogen and oxygen atoms in total. The van der Waals surface area contributed by atoms with Crippen LogP contribution < -0.4 is 5.32 Å². The zero-order valence-corrected chi connectivity index (χ0v) is 19.3. The molecule has 2 N–H and O–H groups in total.